The molecule has 0 radical (unpaired) electrons. The molecule has 0 bridgehead atoms. The first-order valence-electron chi connectivity index (χ1n) is 10.2. The number of esters is 1. The summed E-state index contributed by atoms with van der Waals surface area (Å²) in [4.78, 5) is 24.3. The topological polar surface area (TPSA) is 53.2 Å². The van der Waals surface area contributed by atoms with E-state index >= 15 is 0 Å². The number of aromatic nitrogens is 2. The molecule has 0 N–H and O–H groups in total. The number of pyridine rings is 1. The van der Waals surface area contributed by atoms with E-state index in [-0.39, 0.29) is 18.7 Å². The van der Waals surface area contributed by atoms with Crippen LogP contribution in [-0.4, -0.2) is 22.2 Å². The van der Waals surface area contributed by atoms with Crippen LogP contribution in [0.2, 0.25) is 0 Å². The zero-order chi connectivity index (χ0) is 23.7. The minimum atomic E-state index is -0.732. The maximum atomic E-state index is 14.1. The Morgan fingerprint density at radius 2 is 1.73 bits per heavy atom. The fourth-order valence-corrected chi connectivity index (χ4v) is 4.01. The lowest BCUT2D eigenvalue weighted by Gasteiger charge is -2.11. The lowest BCUT2D eigenvalue weighted by molar-refractivity contribution is -0.141. The minimum Gasteiger partial charge on any atom is -0.468 e. The third kappa shape index (κ3) is 4.41. The summed E-state index contributed by atoms with van der Waals surface area (Å²) in [5.74, 6) is -2.32. The Labute approximate surface area is 187 Å². The van der Waals surface area contributed by atoms with Gasteiger partial charge in [-0.15, -0.1) is 0 Å². The zero-order valence-electron chi connectivity index (χ0n) is 18.1. The maximum absolute atomic E-state index is 14.1. The van der Waals surface area contributed by atoms with Gasteiger partial charge >= 0.3 is 5.97 Å². The molecule has 0 saturated heterocycles. The van der Waals surface area contributed by atoms with Gasteiger partial charge in [-0.3, -0.25) is 9.59 Å². The molecule has 0 aliphatic heterocycles. The Hall–Kier alpha value is -3.81. The number of fused-ring (bicyclic) bond motifs is 1. The fourth-order valence-electron chi connectivity index (χ4n) is 4.01. The van der Waals surface area contributed by atoms with Gasteiger partial charge in [0.25, 0.3) is 5.56 Å². The average molecular weight is 454 g/mol. The predicted molar refractivity (Wildman–Crippen MR) is 118 cm³/mol. The van der Waals surface area contributed by atoms with Crippen LogP contribution in [0.4, 0.5) is 13.2 Å². The van der Waals surface area contributed by atoms with E-state index in [0.29, 0.717) is 22.9 Å². The molecule has 2 aromatic heterocycles. The number of hydrogen-bond acceptors (Lipinski definition) is 3. The highest BCUT2D eigenvalue weighted by atomic mass is 19.1. The van der Waals surface area contributed by atoms with Gasteiger partial charge in [-0.25, -0.2) is 13.2 Å². The van der Waals surface area contributed by atoms with Crippen molar-refractivity contribution in [2.24, 2.45) is 0 Å². The van der Waals surface area contributed by atoms with E-state index in [1.165, 1.54) is 42.1 Å². The minimum absolute atomic E-state index is 0.0312. The van der Waals surface area contributed by atoms with Crippen LogP contribution in [0, 0.1) is 24.4 Å². The molecule has 4 rings (SSSR count). The third-order valence-corrected chi connectivity index (χ3v) is 5.75. The summed E-state index contributed by atoms with van der Waals surface area (Å²) in [7, 11) is 1.30. The van der Waals surface area contributed by atoms with Crippen molar-refractivity contribution in [3.63, 3.8) is 0 Å². The molecule has 0 aliphatic rings. The summed E-state index contributed by atoms with van der Waals surface area (Å²) in [6, 6.07) is 10.8. The molecule has 4 aromatic rings. The van der Waals surface area contributed by atoms with Crippen molar-refractivity contribution in [2.75, 3.05) is 7.11 Å². The number of carbonyl (C=O) groups is 1. The van der Waals surface area contributed by atoms with Crippen LogP contribution < -0.4 is 5.56 Å². The van der Waals surface area contributed by atoms with Gasteiger partial charge in [0.2, 0.25) is 0 Å². The largest absolute Gasteiger partial charge is 0.468 e. The molecule has 0 spiro atoms. The predicted octanol–water partition coefficient (Wildman–Crippen LogP) is 4.34. The van der Waals surface area contributed by atoms with Crippen molar-refractivity contribution < 1.29 is 22.7 Å². The van der Waals surface area contributed by atoms with Crippen LogP contribution in [0.3, 0.4) is 0 Å². The second kappa shape index (κ2) is 8.97. The normalized spacial score (nSPS) is 11.2. The first-order valence-corrected chi connectivity index (χ1v) is 10.2. The van der Waals surface area contributed by atoms with Crippen molar-refractivity contribution >= 4 is 16.9 Å². The molecule has 0 fully saturated rings. The van der Waals surface area contributed by atoms with E-state index < -0.39 is 29.0 Å². The Bertz CT molecular complexity index is 1400. The number of ether oxygens (including phenoxy) is 1. The number of nitrogens with zero attached hydrogens (tertiary/aromatic N) is 2. The molecule has 33 heavy (non-hydrogen) atoms. The number of halogens is 3. The van der Waals surface area contributed by atoms with Crippen LogP contribution >= 0.6 is 0 Å². The van der Waals surface area contributed by atoms with Gasteiger partial charge in [0, 0.05) is 40.8 Å². The molecular weight excluding hydrogens is 433 g/mol. The Morgan fingerprint density at radius 3 is 2.42 bits per heavy atom. The first-order chi connectivity index (χ1) is 15.8. The van der Waals surface area contributed by atoms with Crippen LogP contribution in [0.1, 0.15) is 22.4 Å². The van der Waals surface area contributed by atoms with Gasteiger partial charge in [0.1, 0.15) is 24.0 Å². The monoisotopic (exact) mass is 454 g/mol. The van der Waals surface area contributed by atoms with Gasteiger partial charge in [0.05, 0.1) is 13.7 Å². The number of rotatable bonds is 6. The molecule has 5 nitrogen and oxygen atoms in total. The van der Waals surface area contributed by atoms with Crippen molar-refractivity contribution in [3.05, 3.63) is 105 Å². The molecule has 2 aromatic carbocycles. The summed E-state index contributed by atoms with van der Waals surface area (Å²) < 4.78 is 50.0. The van der Waals surface area contributed by atoms with Crippen molar-refractivity contribution in [2.45, 2.75) is 26.4 Å². The average Bonchev–Trinajstić information content (AvgIpc) is 3.03. The van der Waals surface area contributed by atoms with Crippen molar-refractivity contribution in [3.8, 4) is 0 Å². The van der Waals surface area contributed by atoms with Gasteiger partial charge in [-0.05, 0) is 48.4 Å². The fraction of sp³-hybridized carbons (Fsp3) is 0.200. The highest BCUT2D eigenvalue weighted by Crippen LogP contribution is 2.29. The zero-order valence-corrected chi connectivity index (χ0v) is 18.1. The summed E-state index contributed by atoms with van der Waals surface area (Å²) in [6.07, 6.45) is 1.86. The number of carbonyl (C=O) groups excluding carboxylic acids is 1. The molecular formula is C25H21F3N2O3. The summed E-state index contributed by atoms with van der Waals surface area (Å²) in [5.41, 5.74) is 2.28. The van der Waals surface area contributed by atoms with Crippen LogP contribution in [0.15, 0.2) is 59.5 Å². The van der Waals surface area contributed by atoms with E-state index in [2.05, 4.69) is 0 Å². The third-order valence-electron chi connectivity index (χ3n) is 5.75. The van der Waals surface area contributed by atoms with Gasteiger partial charge in [0.15, 0.2) is 0 Å². The van der Waals surface area contributed by atoms with Gasteiger partial charge in [-0.1, -0.05) is 12.1 Å². The number of benzene rings is 2. The SMILES string of the molecule is COC(=O)Cn1c(C)c(Cc2ccc(=O)n(Cc3c(F)cccc3F)c2)c2cc(F)ccc21. The molecule has 0 aliphatic carbocycles. The van der Waals surface area contributed by atoms with E-state index in [1.807, 2.05) is 6.92 Å². The smallest absolute Gasteiger partial charge is 0.325 e. The lowest BCUT2D eigenvalue weighted by Crippen LogP contribution is -2.21. The van der Waals surface area contributed by atoms with Gasteiger partial charge in [-0.2, -0.15) is 0 Å². The summed E-state index contributed by atoms with van der Waals surface area (Å²) in [5, 5.41) is 0.634. The molecule has 0 amide bonds. The Balaban J connectivity index is 1.75. The van der Waals surface area contributed by atoms with E-state index in [9.17, 15) is 22.8 Å². The second-order valence-corrected chi connectivity index (χ2v) is 7.77. The van der Waals surface area contributed by atoms with Crippen LogP contribution in [0.5, 0.6) is 0 Å². The molecule has 0 saturated carbocycles. The second-order valence-electron chi connectivity index (χ2n) is 7.77. The lowest BCUT2D eigenvalue weighted by atomic mass is 10.0. The summed E-state index contributed by atoms with van der Waals surface area (Å²) in [6.45, 7) is 1.53. The van der Waals surface area contributed by atoms with E-state index in [4.69, 9.17) is 4.74 Å². The molecule has 8 heteroatoms. The van der Waals surface area contributed by atoms with Crippen LogP contribution in [0.25, 0.3) is 10.9 Å². The van der Waals surface area contributed by atoms with E-state index in [1.54, 1.807) is 16.7 Å². The number of hydrogen-bond donors (Lipinski definition) is 0. The first kappa shape index (κ1) is 22.4. The van der Waals surface area contributed by atoms with Crippen molar-refractivity contribution in [1.82, 2.24) is 9.13 Å². The maximum Gasteiger partial charge on any atom is 0.325 e. The van der Waals surface area contributed by atoms with Crippen molar-refractivity contribution in [1.29, 1.82) is 0 Å². The molecule has 170 valence electrons. The molecule has 2 heterocycles. The Morgan fingerprint density at radius 1 is 1.00 bits per heavy atom. The Kier molecular flexibility index (Phi) is 6.09. The van der Waals surface area contributed by atoms with Crippen LogP contribution in [-0.2, 0) is 29.0 Å². The van der Waals surface area contributed by atoms with Gasteiger partial charge < -0.3 is 13.9 Å². The highest BCUT2D eigenvalue weighted by Gasteiger charge is 2.18. The quantitative estimate of drug-likeness (QED) is 0.408. The molecule has 0 unspecified atom stereocenters. The highest BCUT2D eigenvalue weighted by molar-refractivity contribution is 5.87. The molecule has 0 atom stereocenters. The summed E-state index contributed by atoms with van der Waals surface area (Å²) >= 11 is 0. The standard InChI is InChI=1S/C25H21F3N2O3/c1-15-18(19-11-17(26)7-8-23(19)30(15)14-25(32)33-2)10-16-6-9-24(31)29(12-16)13-20-21(27)4-3-5-22(20)28/h3-9,11-12H,10,13-14H2,1-2H3. The number of methoxy groups -OCH3 is 1. The van der Waals surface area contributed by atoms with E-state index in [0.717, 1.165) is 23.4 Å².